The molecule has 0 amide bonds. The van der Waals surface area contributed by atoms with Gasteiger partial charge in [0, 0.05) is 5.92 Å². The van der Waals surface area contributed by atoms with Crippen molar-refractivity contribution >= 4 is 5.97 Å². The number of allylic oxidation sites excluding steroid dienone is 3. The molecule has 5 aliphatic rings. The minimum atomic E-state index is -0.590. The van der Waals surface area contributed by atoms with Crippen molar-refractivity contribution in [3.8, 4) is 0 Å². The molecule has 0 aromatic carbocycles. The number of aliphatic hydroxyl groups excluding tert-OH is 1. The number of hydrogen-bond acceptors (Lipinski definition) is 2. The van der Waals surface area contributed by atoms with Crippen LogP contribution in [0.15, 0.2) is 23.8 Å². The van der Waals surface area contributed by atoms with Crippen LogP contribution in [0.5, 0.6) is 0 Å². The summed E-state index contributed by atoms with van der Waals surface area (Å²) in [6, 6.07) is 0. The van der Waals surface area contributed by atoms with E-state index in [0.29, 0.717) is 11.8 Å². The maximum atomic E-state index is 12.6. The van der Waals surface area contributed by atoms with Crippen LogP contribution in [0, 0.1) is 44.8 Å². The van der Waals surface area contributed by atoms with E-state index in [0.717, 1.165) is 51.4 Å². The van der Waals surface area contributed by atoms with E-state index in [9.17, 15) is 15.0 Å². The predicted molar refractivity (Wildman–Crippen MR) is 128 cm³/mol. The molecule has 5 rings (SSSR count). The Hall–Kier alpha value is -1.09. The van der Waals surface area contributed by atoms with Gasteiger partial charge in [-0.25, -0.2) is 0 Å². The van der Waals surface area contributed by atoms with E-state index in [1.54, 1.807) is 0 Å². The zero-order valence-electron chi connectivity index (χ0n) is 21.0. The second-order valence-electron chi connectivity index (χ2n) is 13.6. The summed E-state index contributed by atoms with van der Waals surface area (Å²) >= 11 is 0. The average molecular weight is 441 g/mol. The molecule has 0 aromatic heterocycles. The van der Waals surface area contributed by atoms with Gasteiger partial charge in [-0.05, 0) is 97.7 Å². The summed E-state index contributed by atoms with van der Waals surface area (Å²) in [6.45, 7) is 16.5. The van der Waals surface area contributed by atoms with Crippen molar-refractivity contribution in [1.82, 2.24) is 0 Å². The van der Waals surface area contributed by atoms with Crippen LogP contribution in [0.1, 0.15) is 98.8 Å². The highest BCUT2D eigenvalue weighted by Crippen LogP contribution is 2.75. The lowest BCUT2D eigenvalue weighted by Gasteiger charge is -2.70. The van der Waals surface area contributed by atoms with Crippen molar-refractivity contribution in [3.63, 3.8) is 0 Å². The lowest BCUT2D eigenvalue weighted by Crippen LogP contribution is -2.64. The second-order valence-corrected chi connectivity index (χ2v) is 13.6. The summed E-state index contributed by atoms with van der Waals surface area (Å²) < 4.78 is 0. The van der Waals surface area contributed by atoms with Gasteiger partial charge in [-0.15, -0.1) is 0 Å². The van der Waals surface area contributed by atoms with E-state index < -0.39 is 11.4 Å². The van der Waals surface area contributed by atoms with Crippen LogP contribution in [0.25, 0.3) is 0 Å². The van der Waals surface area contributed by atoms with Crippen molar-refractivity contribution in [1.29, 1.82) is 0 Å². The quantitative estimate of drug-likeness (QED) is 0.443. The van der Waals surface area contributed by atoms with Crippen LogP contribution in [0.2, 0.25) is 0 Å². The van der Waals surface area contributed by atoms with Crippen molar-refractivity contribution < 1.29 is 15.0 Å². The van der Waals surface area contributed by atoms with Crippen LogP contribution in [0.4, 0.5) is 0 Å². The molecule has 4 fully saturated rings. The zero-order valence-corrected chi connectivity index (χ0v) is 21.0. The van der Waals surface area contributed by atoms with E-state index in [1.165, 1.54) is 24.0 Å². The fourth-order valence-corrected chi connectivity index (χ4v) is 10.2. The third-order valence-corrected chi connectivity index (χ3v) is 12.5. The number of carboxylic acid groups (broad SMARTS) is 1. The van der Waals surface area contributed by atoms with Gasteiger partial charge in [-0.2, -0.15) is 0 Å². The summed E-state index contributed by atoms with van der Waals surface area (Å²) in [5.74, 6) is 0.682. The van der Waals surface area contributed by atoms with Gasteiger partial charge in [0.2, 0.25) is 0 Å². The van der Waals surface area contributed by atoms with Crippen molar-refractivity contribution in [3.05, 3.63) is 23.8 Å². The summed E-state index contributed by atoms with van der Waals surface area (Å²) in [5, 5.41) is 21.2. The van der Waals surface area contributed by atoms with Crippen LogP contribution in [0.3, 0.4) is 0 Å². The smallest absolute Gasteiger partial charge is 0.310 e. The van der Waals surface area contributed by atoms with Crippen LogP contribution in [-0.4, -0.2) is 22.3 Å². The molecule has 178 valence electrons. The Morgan fingerprint density at radius 2 is 1.72 bits per heavy atom. The number of aliphatic hydroxyl groups is 1. The van der Waals surface area contributed by atoms with E-state index in [4.69, 9.17) is 0 Å². The standard InChI is InChI=1S/C29H44O3/c1-18-9-14-29(24(31)32)16-15-27(5)19(20(29)17-18)7-8-22-26(4)12-11-23(30)25(2,3)21(26)10-13-28(22,27)6/h7,20-23,30H,1,8-17H2,2-6H3,(H,31,32)/t20-,21-,22-,23+,26+,27-,28-,29+/m1/s1. The molecule has 0 heterocycles. The van der Waals surface area contributed by atoms with Gasteiger partial charge in [0.1, 0.15) is 0 Å². The number of aliphatic carboxylic acids is 1. The Balaban J connectivity index is 1.60. The minimum absolute atomic E-state index is 0.0363. The highest BCUT2D eigenvalue weighted by Gasteiger charge is 2.68. The first-order valence-electron chi connectivity index (χ1n) is 13.1. The first-order valence-corrected chi connectivity index (χ1v) is 13.1. The van der Waals surface area contributed by atoms with Crippen molar-refractivity contribution in [2.45, 2.75) is 105 Å². The van der Waals surface area contributed by atoms with E-state index >= 15 is 0 Å². The summed E-state index contributed by atoms with van der Waals surface area (Å²) in [6.07, 6.45) is 12.0. The zero-order chi connectivity index (χ0) is 23.3. The molecular formula is C29H44O3. The molecular weight excluding hydrogens is 396 g/mol. The maximum Gasteiger partial charge on any atom is 0.310 e. The topological polar surface area (TPSA) is 57.5 Å². The molecule has 0 radical (unpaired) electrons. The summed E-state index contributed by atoms with van der Waals surface area (Å²) in [5.41, 5.74) is 2.55. The van der Waals surface area contributed by atoms with Gasteiger partial charge in [0.25, 0.3) is 0 Å². The monoisotopic (exact) mass is 440 g/mol. The third-order valence-electron chi connectivity index (χ3n) is 12.5. The normalized spacial score (nSPS) is 52.1. The molecule has 0 aromatic rings. The van der Waals surface area contributed by atoms with Crippen LogP contribution in [-0.2, 0) is 4.79 Å². The van der Waals surface area contributed by atoms with E-state index in [-0.39, 0.29) is 33.7 Å². The molecule has 4 saturated carbocycles. The number of rotatable bonds is 1. The fraction of sp³-hybridized carbons (Fsp3) is 0.828. The molecule has 5 aliphatic carbocycles. The first-order chi connectivity index (χ1) is 14.8. The number of carboxylic acids is 1. The molecule has 3 heteroatoms. The molecule has 0 aliphatic heterocycles. The number of hydrogen-bond donors (Lipinski definition) is 2. The Labute approximate surface area is 194 Å². The Morgan fingerprint density at radius 3 is 2.41 bits per heavy atom. The molecule has 0 saturated heterocycles. The first kappa shape index (κ1) is 22.7. The number of fused-ring (bicyclic) bond motifs is 7. The lowest BCUT2D eigenvalue weighted by atomic mass is 9.34. The van der Waals surface area contributed by atoms with Gasteiger partial charge >= 0.3 is 5.97 Å². The molecule has 0 spiro atoms. The third kappa shape index (κ3) is 2.55. The highest BCUT2D eigenvalue weighted by atomic mass is 16.4. The van der Waals surface area contributed by atoms with Crippen molar-refractivity contribution in [2.24, 2.45) is 44.8 Å². The summed E-state index contributed by atoms with van der Waals surface area (Å²) in [7, 11) is 0. The Kier molecular flexibility index (Phi) is 4.78. The minimum Gasteiger partial charge on any atom is -0.481 e. The lowest BCUT2D eigenvalue weighted by molar-refractivity contribution is -0.203. The van der Waals surface area contributed by atoms with Crippen molar-refractivity contribution in [2.75, 3.05) is 0 Å². The van der Waals surface area contributed by atoms with E-state index in [1.807, 2.05) is 0 Å². The van der Waals surface area contributed by atoms with Gasteiger partial charge < -0.3 is 10.2 Å². The second kappa shape index (κ2) is 6.74. The predicted octanol–water partition coefficient (Wildman–Crippen LogP) is 6.76. The van der Waals surface area contributed by atoms with Gasteiger partial charge in [0.15, 0.2) is 0 Å². The largest absolute Gasteiger partial charge is 0.481 e. The van der Waals surface area contributed by atoms with Crippen LogP contribution >= 0.6 is 0 Å². The number of carbonyl (C=O) groups is 1. The summed E-state index contributed by atoms with van der Waals surface area (Å²) in [4.78, 5) is 12.6. The molecule has 3 nitrogen and oxygen atoms in total. The van der Waals surface area contributed by atoms with Crippen LogP contribution < -0.4 is 0 Å². The molecule has 0 unspecified atom stereocenters. The van der Waals surface area contributed by atoms with Gasteiger partial charge in [0.05, 0.1) is 11.5 Å². The molecule has 2 N–H and O–H groups in total. The Morgan fingerprint density at radius 1 is 1.00 bits per heavy atom. The fourth-order valence-electron chi connectivity index (χ4n) is 10.2. The van der Waals surface area contributed by atoms with Gasteiger partial charge in [-0.3, -0.25) is 4.79 Å². The average Bonchev–Trinajstić information content (AvgIpc) is 2.71. The maximum absolute atomic E-state index is 12.6. The SMILES string of the molecule is C=C1CC[C@]2(C(=O)O)CC[C@]3(C)C(=CC[C@@H]4[C@@]5(C)CC[C@H](O)C(C)(C)[C@H]5CC[C@]43C)[C@H]2C1. The van der Waals surface area contributed by atoms with E-state index in [2.05, 4.69) is 47.3 Å². The molecule has 32 heavy (non-hydrogen) atoms. The Bertz CT molecular complexity index is 885. The molecule has 8 atom stereocenters. The molecule has 0 bridgehead atoms. The van der Waals surface area contributed by atoms with Gasteiger partial charge in [-0.1, -0.05) is 58.4 Å². The highest BCUT2D eigenvalue weighted by molar-refractivity contribution is 5.77.